The summed E-state index contributed by atoms with van der Waals surface area (Å²) >= 11 is 0. The van der Waals surface area contributed by atoms with Gasteiger partial charge in [0.2, 0.25) is 0 Å². The Balaban J connectivity index is 1.71. The van der Waals surface area contributed by atoms with Crippen LogP contribution in [0.2, 0.25) is 0 Å². The van der Waals surface area contributed by atoms with Crippen LogP contribution in [-0.2, 0) is 5.41 Å². The lowest BCUT2D eigenvalue weighted by molar-refractivity contribution is 0.417. The van der Waals surface area contributed by atoms with Gasteiger partial charge in [-0.1, -0.05) is 35.5 Å². The number of hydrogen-bond donors (Lipinski definition) is 1. The Morgan fingerprint density at radius 3 is 2.62 bits per heavy atom. The topological polar surface area (TPSA) is 78.5 Å². The van der Waals surface area contributed by atoms with Crippen molar-refractivity contribution < 1.29 is 4.52 Å². The van der Waals surface area contributed by atoms with Crippen molar-refractivity contribution in [1.29, 1.82) is 5.26 Å². The lowest BCUT2D eigenvalue weighted by atomic mass is 9.95. The van der Waals surface area contributed by atoms with Gasteiger partial charge >= 0.3 is 0 Å². The van der Waals surface area contributed by atoms with Crippen LogP contribution in [0.25, 0.3) is 11.6 Å². The van der Waals surface area contributed by atoms with Gasteiger partial charge in [0.1, 0.15) is 17.5 Å². The molecule has 1 saturated carbocycles. The summed E-state index contributed by atoms with van der Waals surface area (Å²) in [7, 11) is 0. The molecule has 1 aliphatic rings. The molecule has 0 atom stereocenters. The standard InChI is InChI=1S/C16H12N4O/c17-10-12-6-7-13(18-12)14-19-15(20-21-14)16(8-9-16)11-4-2-1-3-5-11/h1-7,18H,8-9H2. The Kier molecular flexibility index (Phi) is 2.45. The van der Waals surface area contributed by atoms with E-state index in [1.54, 1.807) is 12.1 Å². The minimum absolute atomic E-state index is 0.104. The molecule has 0 radical (unpaired) electrons. The largest absolute Gasteiger partial charge is 0.342 e. The minimum Gasteiger partial charge on any atom is -0.342 e. The van der Waals surface area contributed by atoms with Gasteiger partial charge in [-0.15, -0.1) is 0 Å². The van der Waals surface area contributed by atoms with Crippen LogP contribution in [0.1, 0.15) is 29.9 Å². The molecule has 0 unspecified atom stereocenters. The molecule has 2 heterocycles. The molecule has 1 N–H and O–H groups in total. The minimum atomic E-state index is -0.104. The third kappa shape index (κ3) is 1.84. The lowest BCUT2D eigenvalue weighted by Gasteiger charge is -2.09. The van der Waals surface area contributed by atoms with Crippen molar-refractivity contribution in [1.82, 2.24) is 15.1 Å². The zero-order valence-electron chi connectivity index (χ0n) is 11.2. The van der Waals surface area contributed by atoms with Gasteiger partial charge in [-0.25, -0.2) is 0 Å². The zero-order chi connectivity index (χ0) is 14.3. The molecular weight excluding hydrogens is 264 g/mol. The smallest absolute Gasteiger partial charge is 0.274 e. The van der Waals surface area contributed by atoms with E-state index < -0.39 is 0 Å². The Bertz CT molecular complexity index is 821. The van der Waals surface area contributed by atoms with E-state index >= 15 is 0 Å². The summed E-state index contributed by atoms with van der Waals surface area (Å²) < 4.78 is 5.35. The average Bonchev–Trinajstić information content (AvgIpc) is 2.99. The molecule has 5 heteroatoms. The van der Waals surface area contributed by atoms with Gasteiger partial charge in [0.05, 0.1) is 5.41 Å². The number of rotatable bonds is 3. The molecule has 0 saturated heterocycles. The van der Waals surface area contributed by atoms with Gasteiger partial charge < -0.3 is 9.51 Å². The molecule has 21 heavy (non-hydrogen) atoms. The molecule has 0 aliphatic heterocycles. The van der Waals surface area contributed by atoms with Gasteiger partial charge in [-0.3, -0.25) is 0 Å². The second-order valence-electron chi connectivity index (χ2n) is 5.27. The first-order valence-electron chi connectivity index (χ1n) is 6.81. The summed E-state index contributed by atoms with van der Waals surface area (Å²) in [5.74, 6) is 1.14. The van der Waals surface area contributed by atoms with Crippen LogP contribution in [0, 0.1) is 11.3 Å². The molecule has 102 valence electrons. The van der Waals surface area contributed by atoms with Crippen LogP contribution in [0.5, 0.6) is 0 Å². The Labute approximate surface area is 121 Å². The molecule has 1 aromatic carbocycles. The predicted molar refractivity (Wildman–Crippen MR) is 75.3 cm³/mol. The first-order chi connectivity index (χ1) is 10.3. The van der Waals surface area contributed by atoms with E-state index in [9.17, 15) is 0 Å². The van der Waals surface area contributed by atoms with E-state index in [4.69, 9.17) is 9.78 Å². The average molecular weight is 276 g/mol. The van der Waals surface area contributed by atoms with Crippen molar-refractivity contribution in [3.63, 3.8) is 0 Å². The van der Waals surface area contributed by atoms with Gasteiger partial charge in [-0.05, 0) is 30.5 Å². The maximum absolute atomic E-state index is 8.84. The van der Waals surface area contributed by atoms with Crippen LogP contribution < -0.4 is 0 Å². The maximum Gasteiger partial charge on any atom is 0.274 e. The maximum atomic E-state index is 8.84. The van der Waals surface area contributed by atoms with E-state index in [0.717, 1.165) is 18.7 Å². The van der Waals surface area contributed by atoms with Crippen LogP contribution in [0.4, 0.5) is 0 Å². The monoisotopic (exact) mass is 276 g/mol. The van der Waals surface area contributed by atoms with Crippen molar-refractivity contribution >= 4 is 0 Å². The zero-order valence-corrected chi connectivity index (χ0v) is 11.2. The summed E-state index contributed by atoms with van der Waals surface area (Å²) in [6.07, 6.45) is 2.06. The first-order valence-corrected chi connectivity index (χ1v) is 6.81. The summed E-state index contributed by atoms with van der Waals surface area (Å²) in [4.78, 5) is 7.47. The highest BCUT2D eigenvalue weighted by molar-refractivity contribution is 5.51. The molecule has 4 rings (SSSR count). The van der Waals surface area contributed by atoms with E-state index in [-0.39, 0.29) is 5.41 Å². The third-order valence-corrected chi connectivity index (χ3v) is 3.97. The van der Waals surface area contributed by atoms with Crippen molar-refractivity contribution in [2.45, 2.75) is 18.3 Å². The Morgan fingerprint density at radius 2 is 1.95 bits per heavy atom. The molecule has 2 aromatic heterocycles. The van der Waals surface area contributed by atoms with Crippen molar-refractivity contribution in [2.75, 3.05) is 0 Å². The normalized spacial score (nSPS) is 15.6. The van der Waals surface area contributed by atoms with Crippen molar-refractivity contribution in [3.8, 4) is 17.7 Å². The number of aromatic nitrogens is 3. The highest BCUT2D eigenvalue weighted by Crippen LogP contribution is 2.52. The predicted octanol–water partition coefficient (Wildman–Crippen LogP) is 3.02. The summed E-state index contributed by atoms with van der Waals surface area (Å²) in [5.41, 5.74) is 2.28. The molecule has 0 spiro atoms. The fourth-order valence-corrected chi connectivity index (χ4v) is 2.64. The molecule has 0 bridgehead atoms. The fourth-order valence-electron chi connectivity index (χ4n) is 2.64. The third-order valence-electron chi connectivity index (χ3n) is 3.97. The van der Waals surface area contributed by atoms with Crippen LogP contribution in [0.3, 0.4) is 0 Å². The number of nitrogens with zero attached hydrogens (tertiary/aromatic N) is 3. The number of aromatic amines is 1. The van der Waals surface area contributed by atoms with Gasteiger partial charge in [0, 0.05) is 0 Å². The molecule has 5 nitrogen and oxygen atoms in total. The number of hydrogen-bond acceptors (Lipinski definition) is 4. The SMILES string of the molecule is N#Cc1ccc(-c2nc(C3(c4ccccc4)CC3)no2)[nH]1. The summed E-state index contributed by atoms with van der Waals surface area (Å²) in [5, 5.41) is 13.0. The van der Waals surface area contributed by atoms with Gasteiger partial charge in [-0.2, -0.15) is 10.2 Å². The fraction of sp³-hybridized carbons (Fsp3) is 0.188. The van der Waals surface area contributed by atoms with E-state index in [1.807, 2.05) is 24.3 Å². The van der Waals surface area contributed by atoms with E-state index in [0.29, 0.717) is 17.3 Å². The number of nitrogens with one attached hydrogen (secondary N) is 1. The first kappa shape index (κ1) is 11.9. The van der Waals surface area contributed by atoms with Crippen molar-refractivity contribution in [3.05, 3.63) is 59.5 Å². The molecule has 1 fully saturated rings. The van der Waals surface area contributed by atoms with Crippen molar-refractivity contribution in [2.24, 2.45) is 0 Å². The van der Waals surface area contributed by atoms with Crippen LogP contribution in [-0.4, -0.2) is 15.1 Å². The number of H-pyrrole nitrogens is 1. The van der Waals surface area contributed by atoms with E-state index in [1.165, 1.54) is 5.56 Å². The van der Waals surface area contributed by atoms with Gasteiger partial charge in [0.15, 0.2) is 5.82 Å². The Morgan fingerprint density at radius 1 is 1.14 bits per heavy atom. The molecular formula is C16H12N4O. The summed E-state index contributed by atoms with van der Waals surface area (Å²) in [6.45, 7) is 0. The molecule has 1 aliphatic carbocycles. The second-order valence-corrected chi connectivity index (χ2v) is 5.27. The highest BCUT2D eigenvalue weighted by Gasteiger charge is 2.49. The van der Waals surface area contributed by atoms with Gasteiger partial charge in [0.25, 0.3) is 5.89 Å². The molecule has 0 amide bonds. The highest BCUT2D eigenvalue weighted by atomic mass is 16.5. The number of nitriles is 1. The summed E-state index contributed by atoms with van der Waals surface area (Å²) in [6, 6.07) is 15.8. The van der Waals surface area contributed by atoms with Crippen LogP contribution in [0.15, 0.2) is 47.0 Å². The van der Waals surface area contributed by atoms with E-state index in [2.05, 4.69) is 27.3 Å². The molecule has 3 aromatic rings. The quantitative estimate of drug-likeness (QED) is 0.797. The lowest BCUT2D eigenvalue weighted by Crippen LogP contribution is -2.10. The number of benzene rings is 1. The Hall–Kier alpha value is -2.87. The van der Waals surface area contributed by atoms with Crippen LogP contribution >= 0.6 is 0 Å². The second kappa shape index (κ2) is 4.32.